The Balaban J connectivity index is 1.94. The lowest BCUT2D eigenvalue weighted by Crippen LogP contribution is -2.45. The molecule has 112 valence electrons. The monoisotopic (exact) mass is 293 g/mol. The highest BCUT2D eigenvalue weighted by Gasteiger charge is 2.24. The number of carbonyl (C=O) groups is 2. The summed E-state index contributed by atoms with van der Waals surface area (Å²) in [5.41, 5.74) is 0.596. The average molecular weight is 293 g/mol. The molecule has 1 fully saturated rings. The maximum absolute atomic E-state index is 13.0. The van der Waals surface area contributed by atoms with Crippen LogP contribution in [0.15, 0.2) is 30.3 Å². The van der Waals surface area contributed by atoms with E-state index in [4.69, 9.17) is 9.84 Å². The molecule has 21 heavy (non-hydrogen) atoms. The molecule has 0 spiro atoms. The number of halogens is 1. The Morgan fingerprint density at radius 2 is 2.29 bits per heavy atom. The fourth-order valence-electron chi connectivity index (χ4n) is 2.12. The molecular formula is C15H16FNO4. The zero-order chi connectivity index (χ0) is 15.2. The van der Waals surface area contributed by atoms with Crippen LogP contribution in [0, 0.1) is 5.82 Å². The second kappa shape index (κ2) is 6.99. The van der Waals surface area contributed by atoms with E-state index in [0.29, 0.717) is 18.7 Å². The van der Waals surface area contributed by atoms with Crippen LogP contribution in [-0.2, 0) is 14.3 Å². The van der Waals surface area contributed by atoms with Gasteiger partial charge in [0.1, 0.15) is 5.82 Å². The number of morpholine rings is 1. The number of amides is 1. The normalized spacial score (nSPS) is 18.9. The summed E-state index contributed by atoms with van der Waals surface area (Å²) in [6.45, 7) is 0.985. The molecule has 1 atom stereocenters. The fraction of sp³-hybridized carbons (Fsp3) is 0.333. The number of nitrogens with zero attached hydrogens (tertiary/aromatic N) is 1. The summed E-state index contributed by atoms with van der Waals surface area (Å²) in [7, 11) is 0. The summed E-state index contributed by atoms with van der Waals surface area (Å²) in [6, 6.07) is 5.92. The van der Waals surface area contributed by atoms with Gasteiger partial charge in [0.05, 0.1) is 19.1 Å². The van der Waals surface area contributed by atoms with Gasteiger partial charge in [0, 0.05) is 19.2 Å². The average Bonchev–Trinajstić information content (AvgIpc) is 2.44. The van der Waals surface area contributed by atoms with E-state index in [0.717, 1.165) is 0 Å². The SMILES string of the molecule is O=C(O)CC1CN(C(=O)C=Cc2cccc(F)c2)CCO1. The van der Waals surface area contributed by atoms with Gasteiger partial charge in [0.2, 0.25) is 5.91 Å². The van der Waals surface area contributed by atoms with E-state index >= 15 is 0 Å². The second-order valence-corrected chi connectivity index (χ2v) is 4.76. The molecule has 0 bridgehead atoms. The van der Waals surface area contributed by atoms with Crippen molar-refractivity contribution < 1.29 is 23.8 Å². The molecule has 0 saturated carbocycles. The maximum Gasteiger partial charge on any atom is 0.306 e. The lowest BCUT2D eigenvalue weighted by molar-refractivity contribution is -0.145. The second-order valence-electron chi connectivity index (χ2n) is 4.76. The largest absolute Gasteiger partial charge is 0.481 e. The van der Waals surface area contributed by atoms with Crippen LogP contribution in [0.1, 0.15) is 12.0 Å². The van der Waals surface area contributed by atoms with Crippen LogP contribution < -0.4 is 0 Å². The standard InChI is InChI=1S/C15H16FNO4/c16-12-3-1-2-11(8-12)4-5-14(18)17-6-7-21-13(10-17)9-15(19)20/h1-5,8,13H,6-7,9-10H2,(H,19,20). The first-order valence-corrected chi connectivity index (χ1v) is 6.60. The minimum Gasteiger partial charge on any atom is -0.481 e. The Morgan fingerprint density at radius 3 is 3.00 bits per heavy atom. The first-order chi connectivity index (χ1) is 10.0. The first-order valence-electron chi connectivity index (χ1n) is 6.60. The van der Waals surface area contributed by atoms with Gasteiger partial charge in [-0.15, -0.1) is 0 Å². The van der Waals surface area contributed by atoms with E-state index in [-0.39, 0.29) is 24.7 Å². The molecule has 1 saturated heterocycles. The van der Waals surface area contributed by atoms with E-state index in [9.17, 15) is 14.0 Å². The van der Waals surface area contributed by atoms with E-state index in [1.165, 1.54) is 29.2 Å². The van der Waals surface area contributed by atoms with Crippen LogP contribution in [0.4, 0.5) is 4.39 Å². The number of carboxylic acids is 1. The number of hydrogen-bond acceptors (Lipinski definition) is 3. The van der Waals surface area contributed by atoms with Crippen molar-refractivity contribution in [1.82, 2.24) is 4.90 Å². The Kier molecular flexibility index (Phi) is 5.05. The van der Waals surface area contributed by atoms with Gasteiger partial charge in [-0.05, 0) is 23.8 Å². The van der Waals surface area contributed by atoms with Crippen LogP contribution in [0.2, 0.25) is 0 Å². The molecule has 1 unspecified atom stereocenters. The molecule has 1 aliphatic heterocycles. The summed E-state index contributed by atoms with van der Waals surface area (Å²) in [5, 5.41) is 8.74. The molecule has 1 aliphatic rings. The summed E-state index contributed by atoms with van der Waals surface area (Å²) in [6.07, 6.45) is 2.28. The van der Waals surface area contributed by atoms with Crippen molar-refractivity contribution in [1.29, 1.82) is 0 Å². The van der Waals surface area contributed by atoms with Gasteiger partial charge in [-0.1, -0.05) is 12.1 Å². The van der Waals surface area contributed by atoms with Crippen LogP contribution in [0.3, 0.4) is 0 Å². The number of aliphatic carboxylic acids is 1. The lowest BCUT2D eigenvalue weighted by Gasteiger charge is -2.31. The molecule has 2 rings (SSSR count). The smallest absolute Gasteiger partial charge is 0.306 e. The summed E-state index contributed by atoms with van der Waals surface area (Å²) in [5.74, 6) is -1.56. The highest BCUT2D eigenvalue weighted by Crippen LogP contribution is 2.11. The Labute approximate surface area is 121 Å². The highest BCUT2D eigenvalue weighted by atomic mass is 19.1. The number of hydrogen-bond donors (Lipinski definition) is 1. The molecular weight excluding hydrogens is 277 g/mol. The quantitative estimate of drug-likeness (QED) is 0.855. The number of carboxylic acid groups (broad SMARTS) is 1. The minimum atomic E-state index is -0.954. The van der Waals surface area contributed by atoms with Crippen LogP contribution >= 0.6 is 0 Å². The molecule has 1 N–H and O–H groups in total. The van der Waals surface area contributed by atoms with Crippen molar-refractivity contribution in [3.8, 4) is 0 Å². The van der Waals surface area contributed by atoms with Gasteiger partial charge >= 0.3 is 5.97 Å². The number of ether oxygens (including phenoxy) is 1. The van der Waals surface area contributed by atoms with Gasteiger partial charge in [-0.25, -0.2) is 4.39 Å². The Bertz CT molecular complexity index is 558. The van der Waals surface area contributed by atoms with Crippen LogP contribution in [0.25, 0.3) is 6.08 Å². The van der Waals surface area contributed by atoms with E-state index in [2.05, 4.69) is 0 Å². The molecule has 0 aromatic heterocycles. The highest BCUT2D eigenvalue weighted by molar-refractivity contribution is 5.91. The van der Waals surface area contributed by atoms with Crippen molar-refractivity contribution in [2.24, 2.45) is 0 Å². The van der Waals surface area contributed by atoms with E-state index in [1.807, 2.05) is 0 Å². The van der Waals surface area contributed by atoms with Crippen LogP contribution in [0.5, 0.6) is 0 Å². The zero-order valence-electron chi connectivity index (χ0n) is 11.4. The summed E-state index contributed by atoms with van der Waals surface area (Å²) < 4.78 is 18.3. The van der Waals surface area contributed by atoms with Gasteiger partial charge in [0.15, 0.2) is 0 Å². The zero-order valence-corrected chi connectivity index (χ0v) is 11.4. The van der Waals surface area contributed by atoms with Gasteiger partial charge in [-0.2, -0.15) is 0 Å². The van der Waals surface area contributed by atoms with Gasteiger partial charge < -0.3 is 14.7 Å². The third-order valence-corrected chi connectivity index (χ3v) is 3.12. The number of carbonyl (C=O) groups excluding carboxylic acids is 1. The molecule has 6 heteroatoms. The molecule has 1 amide bonds. The van der Waals surface area contributed by atoms with Crippen molar-refractivity contribution >= 4 is 18.0 Å². The van der Waals surface area contributed by atoms with Crippen molar-refractivity contribution in [3.05, 3.63) is 41.7 Å². The predicted octanol–water partition coefficient (Wildman–Crippen LogP) is 1.54. The maximum atomic E-state index is 13.0. The summed E-state index contributed by atoms with van der Waals surface area (Å²) >= 11 is 0. The molecule has 0 radical (unpaired) electrons. The number of benzene rings is 1. The van der Waals surface area contributed by atoms with Gasteiger partial charge in [0.25, 0.3) is 0 Å². The molecule has 1 heterocycles. The summed E-state index contributed by atoms with van der Waals surface area (Å²) in [4.78, 5) is 24.2. The van der Waals surface area contributed by atoms with E-state index in [1.54, 1.807) is 12.1 Å². The topological polar surface area (TPSA) is 66.8 Å². The van der Waals surface area contributed by atoms with Crippen molar-refractivity contribution in [3.63, 3.8) is 0 Å². The predicted molar refractivity (Wildman–Crippen MR) is 74.0 cm³/mol. The minimum absolute atomic E-state index is 0.128. The Morgan fingerprint density at radius 1 is 1.48 bits per heavy atom. The van der Waals surface area contributed by atoms with Crippen LogP contribution in [-0.4, -0.2) is 47.7 Å². The number of rotatable bonds is 4. The third-order valence-electron chi connectivity index (χ3n) is 3.12. The third kappa shape index (κ3) is 4.68. The molecule has 0 aliphatic carbocycles. The molecule has 5 nitrogen and oxygen atoms in total. The molecule has 1 aromatic carbocycles. The van der Waals surface area contributed by atoms with Crippen molar-refractivity contribution in [2.45, 2.75) is 12.5 Å². The van der Waals surface area contributed by atoms with Crippen molar-refractivity contribution in [2.75, 3.05) is 19.7 Å². The first kappa shape index (κ1) is 15.2. The Hall–Kier alpha value is -2.21. The fourth-order valence-corrected chi connectivity index (χ4v) is 2.12. The lowest BCUT2D eigenvalue weighted by atomic mass is 10.2. The van der Waals surface area contributed by atoms with E-state index < -0.39 is 12.1 Å². The molecule has 1 aromatic rings. The van der Waals surface area contributed by atoms with Gasteiger partial charge in [-0.3, -0.25) is 9.59 Å².